The van der Waals surface area contributed by atoms with Gasteiger partial charge in [-0.2, -0.15) is 5.10 Å². The number of piperidine rings is 1. The molecule has 116 valence electrons. The van der Waals surface area contributed by atoms with Gasteiger partial charge in [0.15, 0.2) is 5.82 Å². The Balaban J connectivity index is 2.17. The van der Waals surface area contributed by atoms with Crippen LogP contribution >= 0.6 is 12.2 Å². The van der Waals surface area contributed by atoms with E-state index in [4.69, 9.17) is 18.0 Å². The third-order valence-electron chi connectivity index (χ3n) is 4.41. The molecule has 1 aromatic heterocycles. The molecule has 1 aliphatic heterocycles. The molecule has 1 fully saturated rings. The highest BCUT2D eigenvalue weighted by molar-refractivity contribution is 7.80. The Hall–Kier alpha value is -1.27. The largest absolute Gasteiger partial charge is 0.389 e. The summed E-state index contributed by atoms with van der Waals surface area (Å²) in [5.74, 6) is 1.50. The van der Waals surface area contributed by atoms with Crippen LogP contribution in [0, 0.1) is 19.8 Å². The average Bonchev–Trinajstić information content (AvgIpc) is 2.43. The van der Waals surface area contributed by atoms with Gasteiger partial charge in [0.1, 0.15) is 4.99 Å². The summed E-state index contributed by atoms with van der Waals surface area (Å²) in [5, 5.41) is 8.57. The smallest absolute Gasteiger partial charge is 0.161 e. The number of aryl methyl sites for hydroxylation is 1. The lowest BCUT2D eigenvalue weighted by molar-refractivity contribution is 0.222. The van der Waals surface area contributed by atoms with Gasteiger partial charge in [-0.15, -0.1) is 5.10 Å². The summed E-state index contributed by atoms with van der Waals surface area (Å²) < 4.78 is 0. The molecule has 0 unspecified atom stereocenters. The minimum Gasteiger partial charge on any atom is -0.389 e. The van der Waals surface area contributed by atoms with Gasteiger partial charge in [0.2, 0.25) is 0 Å². The topological polar surface area (TPSA) is 58.3 Å². The number of nitrogens with zero attached hydrogens (tertiary/aromatic N) is 4. The fraction of sp³-hybridized carbons (Fsp3) is 0.667. The van der Waals surface area contributed by atoms with Crippen LogP contribution in [0.1, 0.15) is 29.7 Å². The summed E-state index contributed by atoms with van der Waals surface area (Å²) in [4.78, 5) is 4.94. The van der Waals surface area contributed by atoms with Crippen molar-refractivity contribution in [3.05, 3.63) is 16.8 Å². The SMILES string of the molecule is Cc1nnc(N(C)CC2CCN(C)CC2)c(C(N)=S)c1C. The van der Waals surface area contributed by atoms with Gasteiger partial charge in [-0.1, -0.05) is 12.2 Å². The fourth-order valence-electron chi connectivity index (χ4n) is 2.88. The molecular formula is C15H25N5S. The van der Waals surface area contributed by atoms with Gasteiger partial charge in [-0.3, -0.25) is 0 Å². The Morgan fingerprint density at radius 1 is 1.33 bits per heavy atom. The van der Waals surface area contributed by atoms with E-state index in [2.05, 4.69) is 34.1 Å². The van der Waals surface area contributed by atoms with Crippen molar-refractivity contribution in [2.75, 3.05) is 38.6 Å². The second-order valence-electron chi connectivity index (χ2n) is 6.10. The zero-order chi connectivity index (χ0) is 15.6. The second kappa shape index (κ2) is 6.66. The van der Waals surface area contributed by atoms with Gasteiger partial charge in [-0.05, 0) is 58.3 Å². The van der Waals surface area contributed by atoms with Crippen molar-refractivity contribution in [2.45, 2.75) is 26.7 Å². The van der Waals surface area contributed by atoms with Crippen LogP contribution in [-0.4, -0.2) is 53.8 Å². The first-order valence-corrected chi connectivity index (χ1v) is 7.84. The molecule has 5 nitrogen and oxygen atoms in total. The summed E-state index contributed by atoms with van der Waals surface area (Å²) in [5.41, 5.74) is 8.69. The van der Waals surface area contributed by atoms with Crippen LogP contribution in [0.3, 0.4) is 0 Å². The molecule has 0 aliphatic carbocycles. The highest BCUT2D eigenvalue weighted by atomic mass is 32.1. The number of aromatic nitrogens is 2. The summed E-state index contributed by atoms with van der Waals surface area (Å²) in [7, 11) is 4.23. The van der Waals surface area contributed by atoms with Crippen LogP contribution in [0.25, 0.3) is 0 Å². The van der Waals surface area contributed by atoms with E-state index in [1.807, 2.05) is 13.8 Å². The minimum atomic E-state index is 0.399. The van der Waals surface area contributed by atoms with Gasteiger partial charge >= 0.3 is 0 Å². The molecule has 0 amide bonds. The van der Waals surface area contributed by atoms with Crippen molar-refractivity contribution < 1.29 is 0 Å². The monoisotopic (exact) mass is 307 g/mol. The molecule has 2 rings (SSSR count). The van der Waals surface area contributed by atoms with Crippen LogP contribution in [0.15, 0.2) is 0 Å². The zero-order valence-corrected chi connectivity index (χ0v) is 14.2. The van der Waals surface area contributed by atoms with E-state index in [-0.39, 0.29) is 0 Å². The van der Waals surface area contributed by atoms with Crippen molar-refractivity contribution in [2.24, 2.45) is 11.7 Å². The van der Waals surface area contributed by atoms with Gasteiger partial charge in [-0.25, -0.2) is 0 Å². The summed E-state index contributed by atoms with van der Waals surface area (Å²) >= 11 is 5.21. The Morgan fingerprint density at radius 2 is 1.95 bits per heavy atom. The molecule has 1 aliphatic rings. The number of anilines is 1. The average molecular weight is 307 g/mol. The van der Waals surface area contributed by atoms with Crippen LogP contribution < -0.4 is 10.6 Å². The maximum atomic E-state index is 5.90. The number of rotatable bonds is 4. The Labute approximate surface area is 132 Å². The summed E-state index contributed by atoms with van der Waals surface area (Å²) in [6, 6.07) is 0. The van der Waals surface area contributed by atoms with E-state index < -0.39 is 0 Å². The zero-order valence-electron chi connectivity index (χ0n) is 13.4. The molecule has 0 radical (unpaired) electrons. The lowest BCUT2D eigenvalue weighted by atomic mass is 9.96. The number of nitrogens with two attached hydrogens (primary N) is 1. The molecular weight excluding hydrogens is 282 g/mol. The number of thiocarbonyl (C=S) groups is 1. The van der Waals surface area contributed by atoms with Gasteiger partial charge in [0.25, 0.3) is 0 Å². The minimum absolute atomic E-state index is 0.399. The van der Waals surface area contributed by atoms with Crippen molar-refractivity contribution in [3.63, 3.8) is 0 Å². The molecule has 6 heteroatoms. The van der Waals surface area contributed by atoms with Gasteiger partial charge in [0, 0.05) is 13.6 Å². The number of likely N-dealkylation sites (tertiary alicyclic amines) is 1. The maximum Gasteiger partial charge on any atom is 0.161 e. The molecule has 21 heavy (non-hydrogen) atoms. The molecule has 1 saturated heterocycles. The Bertz CT molecular complexity index is 523. The standard InChI is InChI=1S/C15H25N5S/c1-10-11(2)17-18-15(13(10)14(16)21)20(4)9-12-5-7-19(3)8-6-12/h12H,5-9H2,1-4H3,(H2,16,21). The van der Waals surface area contributed by atoms with Crippen molar-refractivity contribution in [3.8, 4) is 0 Å². The predicted molar refractivity (Wildman–Crippen MR) is 90.9 cm³/mol. The second-order valence-corrected chi connectivity index (χ2v) is 6.54. The first-order valence-electron chi connectivity index (χ1n) is 7.43. The molecule has 0 atom stereocenters. The first-order chi connectivity index (χ1) is 9.90. The lowest BCUT2D eigenvalue weighted by Crippen LogP contribution is -2.36. The molecule has 0 bridgehead atoms. The number of hydrogen-bond acceptors (Lipinski definition) is 5. The highest BCUT2D eigenvalue weighted by Crippen LogP contribution is 2.24. The fourth-order valence-corrected chi connectivity index (χ4v) is 3.12. The molecule has 2 heterocycles. The highest BCUT2D eigenvalue weighted by Gasteiger charge is 2.22. The van der Waals surface area contributed by atoms with Crippen LogP contribution in [-0.2, 0) is 0 Å². The normalized spacial score (nSPS) is 17.0. The van der Waals surface area contributed by atoms with Crippen molar-refractivity contribution >= 4 is 23.0 Å². The van der Waals surface area contributed by atoms with Crippen molar-refractivity contribution in [1.82, 2.24) is 15.1 Å². The van der Waals surface area contributed by atoms with E-state index in [1.54, 1.807) is 0 Å². The summed E-state index contributed by atoms with van der Waals surface area (Å²) in [6.07, 6.45) is 2.45. The van der Waals surface area contributed by atoms with Gasteiger partial charge in [0.05, 0.1) is 11.3 Å². The van der Waals surface area contributed by atoms with Crippen molar-refractivity contribution in [1.29, 1.82) is 0 Å². The third kappa shape index (κ3) is 3.68. The summed E-state index contributed by atoms with van der Waals surface area (Å²) in [6.45, 7) is 7.25. The van der Waals surface area contributed by atoms with Crippen LogP contribution in [0.4, 0.5) is 5.82 Å². The van der Waals surface area contributed by atoms with Crippen LogP contribution in [0.2, 0.25) is 0 Å². The van der Waals surface area contributed by atoms with E-state index in [0.29, 0.717) is 10.9 Å². The van der Waals surface area contributed by atoms with E-state index >= 15 is 0 Å². The van der Waals surface area contributed by atoms with E-state index in [0.717, 1.165) is 29.2 Å². The van der Waals surface area contributed by atoms with Crippen LogP contribution in [0.5, 0.6) is 0 Å². The Kier molecular flexibility index (Phi) is 5.11. The first kappa shape index (κ1) is 16.1. The van der Waals surface area contributed by atoms with E-state index in [1.165, 1.54) is 25.9 Å². The quantitative estimate of drug-likeness (QED) is 0.851. The molecule has 0 spiro atoms. The Morgan fingerprint density at radius 3 is 2.52 bits per heavy atom. The molecule has 1 aromatic rings. The lowest BCUT2D eigenvalue weighted by Gasteiger charge is -2.32. The third-order valence-corrected chi connectivity index (χ3v) is 4.62. The molecule has 2 N–H and O–H groups in total. The van der Waals surface area contributed by atoms with Gasteiger partial charge < -0.3 is 15.5 Å². The van der Waals surface area contributed by atoms with E-state index in [9.17, 15) is 0 Å². The molecule has 0 aromatic carbocycles. The predicted octanol–water partition coefficient (Wildman–Crippen LogP) is 1.51. The molecule has 0 saturated carbocycles. The number of hydrogen-bond donors (Lipinski definition) is 1. The maximum absolute atomic E-state index is 5.90.